The van der Waals surface area contributed by atoms with Crippen LogP contribution in [0.1, 0.15) is 20.9 Å². The number of nitrogens with zero attached hydrogens (tertiary/aromatic N) is 3. The molecule has 0 atom stereocenters. The van der Waals surface area contributed by atoms with Gasteiger partial charge in [-0.2, -0.15) is 0 Å². The minimum absolute atomic E-state index is 0.0585. The average molecular weight is 466 g/mol. The van der Waals surface area contributed by atoms with Gasteiger partial charge in [0.2, 0.25) is 0 Å². The zero-order valence-electron chi connectivity index (χ0n) is 18.9. The maximum Gasteiger partial charge on any atom is 0.325 e. The molecule has 2 N–H and O–H groups in total. The van der Waals surface area contributed by atoms with Crippen molar-refractivity contribution >= 4 is 39.8 Å². The molecule has 1 fully saturated rings. The summed E-state index contributed by atoms with van der Waals surface area (Å²) >= 11 is 1.20. The fourth-order valence-corrected chi connectivity index (χ4v) is 4.75. The van der Waals surface area contributed by atoms with E-state index < -0.39 is 6.03 Å². The Hall–Kier alpha value is -3.59. The number of benzene rings is 2. The second-order valence-electron chi connectivity index (χ2n) is 7.83. The Morgan fingerprint density at radius 2 is 1.76 bits per heavy atom. The minimum atomic E-state index is -0.390. The van der Waals surface area contributed by atoms with E-state index in [-0.39, 0.29) is 5.91 Å². The van der Waals surface area contributed by atoms with Gasteiger partial charge in [0.25, 0.3) is 5.91 Å². The van der Waals surface area contributed by atoms with E-state index >= 15 is 0 Å². The lowest BCUT2D eigenvalue weighted by Crippen LogP contribution is -2.48. The Morgan fingerprint density at radius 1 is 1.00 bits per heavy atom. The van der Waals surface area contributed by atoms with Gasteiger partial charge in [-0.3, -0.25) is 10.1 Å². The van der Waals surface area contributed by atoms with Crippen LogP contribution in [0, 0.1) is 13.8 Å². The monoisotopic (exact) mass is 465 g/mol. The van der Waals surface area contributed by atoms with Crippen LogP contribution in [0.5, 0.6) is 5.75 Å². The summed E-state index contributed by atoms with van der Waals surface area (Å²) in [5.41, 5.74) is 3.40. The number of carbonyl (C=O) groups is 2. The third kappa shape index (κ3) is 5.25. The van der Waals surface area contributed by atoms with Crippen LogP contribution in [0.2, 0.25) is 0 Å². The van der Waals surface area contributed by atoms with Crippen molar-refractivity contribution in [2.75, 3.05) is 48.8 Å². The van der Waals surface area contributed by atoms with Gasteiger partial charge in [0.1, 0.15) is 10.6 Å². The number of para-hydroxylation sites is 2. The van der Waals surface area contributed by atoms with Crippen LogP contribution in [-0.2, 0) is 0 Å². The van der Waals surface area contributed by atoms with Crippen molar-refractivity contribution in [2.45, 2.75) is 13.8 Å². The van der Waals surface area contributed by atoms with E-state index in [0.29, 0.717) is 47.6 Å². The molecule has 0 aliphatic carbocycles. The van der Waals surface area contributed by atoms with E-state index in [4.69, 9.17) is 4.74 Å². The van der Waals surface area contributed by atoms with Gasteiger partial charge in [-0.1, -0.05) is 35.6 Å². The molecule has 1 aliphatic heterocycles. The van der Waals surface area contributed by atoms with Gasteiger partial charge >= 0.3 is 6.03 Å². The van der Waals surface area contributed by atoms with Crippen LogP contribution in [0.3, 0.4) is 0 Å². The number of anilines is 3. The number of aryl methyl sites for hydroxylation is 2. The van der Waals surface area contributed by atoms with Crippen molar-refractivity contribution in [1.29, 1.82) is 0 Å². The van der Waals surface area contributed by atoms with E-state index in [9.17, 15) is 9.59 Å². The van der Waals surface area contributed by atoms with Gasteiger partial charge in [-0.05, 0) is 43.7 Å². The van der Waals surface area contributed by atoms with Crippen molar-refractivity contribution in [3.8, 4) is 5.75 Å². The second kappa shape index (κ2) is 9.91. The number of hydrogen-bond acceptors (Lipinski definition) is 6. The first-order valence-electron chi connectivity index (χ1n) is 10.7. The van der Waals surface area contributed by atoms with Crippen LogP contribution in [0.4, 0.5) is 21.3 Å². The summed E-state index contributed by atoms with van der Waals surface area (Å²) in [5, 5.41) is 5.92. The number of rotatable bonds is 5. The minimum Gasteiger partial charge on any atom is -0.495 e. The van der Waals surface area contributed by atoms with Crippen LogP contribution in [-0.4, -0.2) is 55.1 Å². The lowest BCUT2D eigenvalue weighted by molar-refractivity contribution is 0.0750. The molecular weight excluding hydrogens is 438 g/mol. The highest BCUT2D eigenvalue weighted by atomic mass is 32.1. The SMILES string of the molecule is COc1ccccc1N1CCN(C(=O)c2sc(NC(=O)Nc3cccc(C)c3)nc2C)CC1. The number of carbonyl (C=O) groups excluding carboxylic acids is 2. The number of aromatic nitrogens is 1. The quantitative estimate of drug-likeness (QED) is 0.584. The van der Waals surface area contributed by atoms with Crippen LogP contribution < -0.4 is 20.3 Å². The van der Waals surface area contributed by atoms with Gasteiger partial charge in [0, 0.05) is 31.9 Å². The van der Waals surface area contributed by atoms with Gasteiger partial charge in [0.15, 0.2) is 5.13 Å². The van der Waals surface area contributed by atoms with E-state index in [0.717, 1.165) is 17.0 Å². The molecule has 1 saturated heterocycles. The molecule has 0 bridgehead atoms. The molecule has 3 amide bonds. The lowest BCUT2D eigenvalue weighted by atomic mass is 10.2. The Labute approximate surface area is 197 Å². The molecule has 2 aromatic carbocycles. The molecule has 0 unspecified atom stereocenters. The van der Waals surface area contributed by atoms with E-state index in [1.165, 1.54) is 11.3 Å². The van der Waals surface area contributed by atoms with E-state index in [1.807, 2.05) is 60.4 Å². The molecule has 0 saturated carbocycles. The summed E-state index contributed by atoms with van der Waals surface area (Å²) in [6.07, 6.45) is 0. The number of hydrogen-bond donors (Lipinski definition) is 2. The molecule has 1 aromatic heterocycles. The Morgan fingerprint density at radius 3 is 2.48 bits per heavy atom. The molecule has 33 heavy (non-hydrogen) atoms. The number of amides is 3. The first-order chi connectivity index (χ1) is 15.9. The maximum atomic E-state index is 13.1. The van der Waals surface area contributed by atoms with Crippen LogP contribution >= 0.6 is 11.3 Å². The molecule has 1 aliphatic rings. The summed E-state index contributed by atoms with van der Waals surface area (Å²) in [5.74, 6) is 0.770. The number of nitrogens with one attached hydrogen (secondary N) is 2. The predicted octanol–water partition coefficient (Wildman–Crippen LogP) is 4.37. The molecule has 3 aromatic rings. The molecule has 172 valence electrons. The normalized spacial score (nSPS) is 13.5. The highest BCUT2D eigenvalue weighted by Crippen LogP contribution is 2.29. The summed E-state index contributed by atoms with van der Waals surface area (Å²) in [7, 11) is 1.66. The number of ether oxygens (including phenoxy) is 1. The lowest BCUT2D eigenvalue weighted by Gasteiger charge is -2.36. The fraction of sp³-hybridized carbons (Fsp3) is 0.292. The zero-order valence-corrected chi connectivity index (χ0v) is 19.7. The fourth-order valence-electron chi connectivity index (χ4n) is 3.82. The average Bonchev–Trinajstić information content (AvgIpc) is 3.18. The molecule has 9 heteroatoms. The first-order valence-corrected chi connectivity index (χ1v) is 11.6. The summed E-state index contributed by atoms with van der Waals surface area (Å²) in [6, 6.07) is 15.1. The van der Waals surface area contributed by atoms with Gasteiger partial charge in [-0.15, -0.1) is 0 Å². The van der Waals surface area contributed by atoms with Crippen molar-refractivity contribution < 1.29 is 14.3 Å². The standard InChI is InChI=1S/C24H27N5O3S/c1-16-7-6-8-18(15-16)26-23(31)27-24-25-17(2)21(33-24)22(30)29-13-11-28(12-14-29)19-9-4-5-10-20(19)32-3/h4-10,15H,11-14H2,1-3H3,(H2,25,26,27,31). The highest BCUT2D eigenvalue weighted by molar-refractivity contribution is 7.17. The third-order valence-electron chi connectivity index (χ3n) is 5.48. The predicted molar refractivity (Wildman–Crippen MR) is 132 cm³/mol. The number of methoxy groups -OCH3 is 1. The van der Waals surface area contributed by atoms with Crippen molar-refractivity contribution in [1.82, 2.24) is 9.88 Å². The first kappa shape index (κ1) is 22.6. The molecule has 0 spiro atoms. The molecule has 4 rings (SSSR count). The van der Waals surface area contributed by atoms with Crippen LogP contribution in [0.15, 0.2) is 48.5 Å². The number of urea groups is 1. The van der Waals surface area contributed by atoms with Crippen molar-refractivity contribution in [3.05, 3.63) is 64.7 Å². The second-order valence-corrected chi connectivity index (χ2v) is 8.83. The Kier molecular flexibility index (Phi) is 6.79. The topological polar surface area (TPSA) is 86.8 Å². The van der Waals surface area contributed by atoms with Crippen LogP contribution in [0.25, 0.3) is 0 Å². The Balaban J connectivity index is 1.37. The highest BCUT2D eigenvalue weighted by Gasteiger charge is 2.26. The van der Waals surface area contributed by atoms with E-state index in [2.05, 4.69) is 20.5 Å². The summed E-state index contributed by atoms with van der Waals surface area (Å²) in [4.78, 5) is 34.5. The van der Waals surface area contributed by atoms with Gasteiger partial charge in [-0.25, -0.2) is 9.78 Å². The third-order valence-corrected chi connectivity index (χ3v) is 6.54. The van der Waals surface area contributed by atoms with E-state index in [1.54, 1.807) is 14.0 Å². The molecular formula is C24H27N5O3S. The largest absolute Gasteiger partial charge is 0.495 e. The van der Waals surface area contributed by atoms with Crippen molar-refractivity contribution in [3.63, 3.8) is 0 Å². The Bertz CT molecular complexity index is 1150. The van der Waals surface area contributed by atoms with Gasteiger partial charge in [0.05, 0.1) is 18.5 Å². The molecule has 8 nitrogen and oxygen atoms in total. The molecule has 2 heterocycles. The van der Waals surface area contributed by atoms with Crippen molar-refractivity contribution in [2.24, 2.45) is 0 Å². The summed E-state index contributed by atoms with van der Waals surface area (Å²) in [6.45, 7) is 6.39. The number of piperazine rings is 1. The van der Waals surface area contributed by atoms with Gasteiger partial charge < -0.3 is 19.9 Å². The number of thiazole rings is 1. The summed E-state index contributed by atoms with van der Waals surface area (Å²) < 4.78 is 5.47. The zero-order chi connectivity index (χ0) is 23.4. The maximum absolute atomic E-state index is 13.1. The smallest absolute Gasteiger partial charge is 0.325 e. The molecule has 0 radical (unpaired) electrons.